The second kappa shape index (κ2) is 4.57. The Hall–Kier alpha value is -2.17. The van der Waals surface area contributed by atoms with Gasteiger partial charge >= 0.3 is 0 Å². The van der Waals surface area contributed by atoms with Crippen molar-refractivity contribution in [1.82, 2.24) is 14.9 Å². The molecule has 5 nitrogen and oxygen atoms in total. The van der Waals surface area contributed by atoms with Crippen LogP contribution < -0.4 is 0 Å². The van der Waals surface area contributed by atoms with Crippen LogP contribution in [0.4, 0.5) is 0 Å². The first-order valence-electron chi connectivity index (χ1n) is 4.90. The zero-order valence-corrected chi connectivity index (χ0v) is 9.16. The van der Waals surface area contributed by atoms with Gasteiger partial charge in [0.25, 0.3) is 0 Å². The molecule has 2 aromatic rings. The van der Waals surface area contributed by atoms with Gasteiger partial charge in [-0.15, -0.1) is 10.2 Å². The number of nitrogens with zero attached hydrogens (tertiary/aromatic N) is 4. The number of hydrogen-bond donors (Lipinski definition) is 0. The highest BCUT2D eigenvalue weighted by atomic mass is 16.3. The van der Waals surface area contributed by atoms with Crippen LogP contribution in [0, 0.1) is 13.8 Å². The minimum Gasteiger partial charge on any atom is -0.465 e. The molecule has 0 aliphatic carbocycles. The molecule has 0 aromatic carbocycles. The molecule has 0 saturated carbocycles. The van der Waals surface area contributed by atoms with Crippen LogP contribution in [0.15, 0.2) is 34.0 Å². The lowest BCUT2D eigenvalue weighted by molar-refractivity contribution is 0.557. The van der Waals surface area contributed by atoms with Crippen molar-refractivity contribution in [3.8, 4) is 0 Å². The van der Waals surface area contributed by atoms with Crippen molar-refractivity contribution in [2.45, 2.75) is 13.8 Å². The average Bonchev–Trinajstić information content (AvgIpc) is 2.87. The summed E-state index contributed by atoms with van der Waals surface area (Å²) in [5.74, 6) is 2.32. The summed E-state index contributed by atoms with van der Waals surface area (Å²) < 4.78 is 6.81. The predicted octanol–water partition coefficient (Wildman–Crippen LogP) is 2.04. The second-order valence-corrected chi connectivity index (χ2v) is 3.25. The maximum absolute atomic E-state index is 5.14. The van der Waals surface area contributed by atoms with Gasteiger partial charge in [-0.3, -0.25) is 0 Å². The third kappa shape index (κ3) is 2.25. The van der Waals surface area contributed by atoms with Crippen molar-refractivity contribution in [1.29, 1.82) is 0 Å². The Kier molecular flexibility index (Phi) is 2.95. The molecular weight excluding hydrogens is 204 g/mol. The topological polar surface area (TPSA) is 56.2 Å². The van der Waals surface area contributed by atoms with E-state index in [4.69, 9.17) is 4.42 Å². The van der Waals surface area contributed by atoms with E-state index < -0.39 is 0 Å². The first kappa shape index (κ1) is 10.4. The van der Waals surface area contributed by atoms with Crippen LogP contribution in [0.2, 0.25) is 0 Å². The van der Waals surface area contributed by atoms with Crippen LogP contribution in [-0.4, -0.2) is 21.1 Å². The Bertz CT molecular complexity index is 489. The van der Waals surface area contributed by atoms with Crippen LogP contribution in [0.5, 0.6) is 0 Å². The smallest absolute Gasteiger partial charge is 0.151 e. The van der Waals surface area contributed by atoms with Gasteiger partial charge in [0.2, 0.25) is 0 Å². The van der Waals surface area contributed by atoms with E-state index in [1.165, 1.54) is 0 Å². The molecule has 0 amide bonds. The largest absolute Gasteiger partial charge is 0.465 e. The molecular formula is C11H12N4O. The molecule has 2 rings (SSSR count). The molecule has 5 heteroatoms. The number of hydrogen-bond acceptors (Lipinski definition) is 4. The summed E-state index contributed by atoms with van der Waals surface area (Å²) in [5.41, 5.74) is 0. The lowest BCUT2D eigenvalue weighted by Crippen LogP contribution is -1.94. The molecule has 0 aliphatic heterocycles. The molecule has 0 radical (unpaired) electrons. The van der Waals surface area contributed by atoms with E-state index in [0.717, 1.165) is 17.4 Å². The molecule has 2 heterocycles. The predicted molar refractivity (Wildman–Crippen MR) is 61.1 cm³/mol. The van der Waals surface area contributed by atoms with Crippen LogP contribution in [-0.2, 0) is 0 Å². The summed E-state index contributed by atoms with van der Waals surface area (Å²) in [5, 5.41) is 12.0. The van der Waals surface area contributed by atoms with E-state index in [-0.39, 0.29) is 0 Å². The number of allylic oxidation sites excluding steroid dienone is 1. The fourth-order valence-electron chi connectivity index (χ4n) is 1.26. The van der Waals surface area contributed by atoms with Gasteiger partial charge in [0.1, 0.15) is 5.76 Å². The monoisotopic (exact) mass is 216 g/mol. The van der Waals surface area contributed by atoms with Crippen molar-refractivity contribution in [2.75, 3.05) is 0 Å². The SMILES string of the molecule is Cc1nnc(C)n1N=CC=Cc1ccco1. The van der Waals surface area contributed by atoms with Gasteiger partial charge < -0.3 is 4.42 Å². The molecule has 0 saturated heterocycles. The van der Waals surface area contributed by atoms with Crippen LogP contribution in [0.3, 0.4) is 0 Å². The van der Waals surface area contributed by atoms with Crippen molar-refractivity contribution >= 4 is 12.3 Å². The van der Waals surface area contributed by atoms with Crippen molar-refractivity contribution in [3.05, 3.63) is 41.9 Å². The fourth-order valence-corrected chi connectivity index (χ4v) is 1.26. The van der Waals surface area contributed by atoms with Gasteiger partial charge in [-0.1, -0.05) is 0 Å². The Morgan fingerprint density at radius 1 is 1.31 bits per heavy atom. The van der Waals surface area contributed by atoms with E-state index in [9.17, 15) is 0 Å². The third-order valence-corrected chi connectivity index (χ3v) is 2.02. The van der Waals surface area contributed by atoms with E-state index in [2.05, 4.69) is 15.3 Å². The Morgan fingerprint density at radius 2 is 2.06 bits per heavy atom. The number of rotatable bonds is 3. The first-order chi connectivity index (χ1) is 7.77. The maximum Gasteiger partial charge on any atom is 0.151 e. The molecule has 0 atom stereocenters. The number of aryl methyl sites for hydroxylation is 2. The summed E-state index contributed by atoms with van der Waals surface area (Å²) in [6, 6.07) is 3.71. The molecule has 0 aliphatic rings. The Morgan fingerprint density at radius 3 is 2.69 bits per heavy atom. The molecule has 0 bridgehead atoms. The summed E-state index contributed by atoms with van der Waals surface area (Å²) in [6.45, 7) is 3.71. The van der Waals surface area contributed by atoms with E-state index in [1.54, 1.807) is 23.2 Å². The average molecular weight is 216 g/mol. The van der Waals surface area contributed by atoms with Crippen molar-refractivity contribution in [2.24, 2.45) is 5.10 Å². The first-order valence-corrected chi connectivity index (χ1v) is 4.90. The lowest BCUT2D eigenvalue weighted by Gasteiger charge is -1.94. The third-order valence-electron chi connectivity index (χ3n) is 2.02. The molecule has 2 aromatic heterocycles. The van der Waals surface area contributed by atoms with Gasteiger partial charge in [-0.05, 0) is 38.1 Å². The molecule has 16 heavy (non-hydrogen) atoms. The highest BCUT2D eigenvalue weighted by Gasteiger charge is 1.99. The zero-order valence-electron chi connectivity index (χ0n) is 9.16. The molecule has 0 fully saturated rings. The fraction of sp³-hybridized carbons (Fsp3) is 0.182. The van der Waals surface area contributed by atoms with Crippen molar-refractivity contribution in [3.63, 3.8) is 0 Å². The van der Waals surface area contributed by atoms with E-state index in [0.29, 0.717) is 0 Å². The molecule has 0 unspecified atom stereocenters. The summed E-state index contributed by atoms with van der Waals surface area (Å²) in [7, 11) is 0. The van der Waals surface area contributed by atoms with Gasteiger partial charge in [0.05, 0.1) is 6.26 Å². The van der Waals surface area contributed by atoms with E-state index >= 15 is 0 Å². The lowest BCUT2D eigenvalue weighted by atomic mass is 10.4. The Labute approximate surface area is 93.1 Å². The normalized spacial score (nSPS) is 11.9. The molecule has 82 valence electrons. The standard InChI is InChI=1S/C11H12N4O/c1-9-13-14-10(2)15(9)12-7-3-5-11-6-4-8-16-11/h3-8H,1-2H3. The Balaban J connectivity index is 2.05. The quantitative estimate of drug-likeness (QED) is 0.737. The number of aromatic nitrogens is 3. The summed E-state index contributed by atoms with van der Waals surface area (Å²) in [4.78, 5) is 0. The highest BCUT2D eigenvalue weighted by molar-refractivity contribution is 5.77. The molecule has 0 N–H and O–H groups in total. The van der Waals surface area contributed by atoms with Gasteiger partial charge in [0, 0.05) is 6.21 Å². The second-order valence-electron chi connectivity index (χ2n) is 3.25. The summed E-state index contributed by atoms with van der Waals surface area (Å²) in [6.07, 6.45) is 6.94. The minimum absolute atomic E-state index is 0.764. The highest BCUT2D eigenvalue weighted by Crippen LogP contribution is 2.01. The zero-order chi connectivity index (χ0) is 11.4. The van der Waals surface area contributed by atoms with Crippen LogP contribution in [0.1, 0.15) is 17.4 Å². The van der Waals surface area contributed by atoms with Gasteiger partial charge in [0.15, 0.2) is 11.6 Å². The van der Waals surface area contributed by atoms with Gasteiger partial charge in [-0.2, -0.15) is 5.10 Å². The van der Waals surface area contributed by atoms with Crippen LogP contribution in [0.25, 0.3) is 6.08 Å². The summed E-state index contributed by atoms with van der Waals surface area (Å²) >= 11 is 0. The minimum atomic E-state index is 0.764. The number of furan rings is 1. The molecule has 0 spiro atoms. The van der Waals surface area contributed by atoms with Crippen LogP contribution >= 0.6 is 0 Å². The van der Waals surface area contributed by atoms with E-state index in [1.807, 2.05) is 32.1 Å². The van der Waals surface area contributed by atoms with Gasteiger partial charge in [-0.25, -0.2) is 4.68 Å². The van der Waals surface area contributed by atoms with Crippen molar-refractivity contribution < 1.29 is 4.42 Å². The maximum atomic E-state index is 5.14.